The molecule has 0 aliphatic carbocycles. The molecule has 4 heteroatoms. The van der Waals surface area contributed by atoms with Crippen molar-refractivity contribution in [2.75, 3.05) is 0 Å². The van der Waals surface area contributed by atoms with Crippen LogP contribution in [0.1, 0.15) is 28.1 Å². The minimum atomic E-state index is -0.629. The monoisotopic (exact) mass is 566 g/mol. The summed E-state index contributed by atoms with van der Waals surface area (Å²) in [6.45, 7) is 2.03. The highest BCUT2D eigenvalue weighted by Crippen LogP contribution is 2.45. The molecule has 0 saturated carbocycles. The molecule has 0 radical (unpaired) electrons. The summed E-state index contributed by atoms with van der Waals surface area (Å²) in [5.74, 6) is 0. The van der Waals surface area contributed by atoms with Gasteiger partial charge in [-0.15, -0.1) is 0 Å². The number of rotatable bonds is 6. The maximum Gasteiger partial charge on any atom is 0.0924 e. The van der Waals surface area contributed by atoms with Gasteiger partial charge in [-0.25, -0.2) is 0 Å². The van der Waals surface area contributed by atoms with Crippen molar-refractivity contribution < 1.29 is 0 Å². The van der Waals surface area contributed by atoms with Crippen LogP contribution in [0.5, 0.6) is 0 Å². The molecule has 3 heterocycles. The number of para-hydroxylation sites is 1. The number of aryl methyl sites for hydroxylation is 1. The van der Waals surface area contributed by atoms with Gasteiger partial charge in [-0.05, 0) is 66.1 Å². The van der Waals surface area contributed by atoms with Crippen molar-refractivity contribution in [1.82, 2.24) is 19.7 Å². The van der Waals surface area contributed by atoms with Gasteiger partial charge in [-0.3, -0.25) is 10.1 Å². The molecule has 8 rings (SSSR count). The lowest BCUT2D eigenvalue weighted by atomic mass is 9.67. The summed E-state index contributed by atoms with van der Waals surface area (Å²) < 4.78 is 2.39. The number of nitrogens with zero attached hydrogens (tertiary/aromatic N) is 3. The Bertz CT molecular complexity index is 2130. The third-order valence-corrected chi connectivity index (χ3v) is 8.68. The number of fused-ring (bicyclic) bond motifs is 3. The van der Waals surface area contributed by atoms with Gasteiger partial charge in [0.25, 0.3) is 0 Å². The van der Waals surface area contributed by atoms with E-state index in [1.165, 1.54) is 21.9 Å². The molecule has 1 N–H and O–H groups in total. The van der Waals surface area contributed by atoms with Gasteiger partial charge < -0.3 is 4.57 Å². The van der Waals surface area contributed by atoms with Gasteiger partial charge in [-0.1, -0.05) is 109 Å². The highest BCUT2D eigenvalue weighted by Gasteiger charge is 2.39. The second-order valence-corrected chi connectivity index (χ2v) is 11.3. The zero-order valence-electron chi connectivity index (χ0n) is 24.4. The van der Waals surface area contributed by atoms with Crippen molar-refractivity contribution in [2.45, 2.75) is 12.3 Å². The first-order valence-electron chi connectivity index (χ1n) is 14.9. The molecule has 44 heavy (non-hydrogen) atoms. The number of hydrogen-bond acceptors (Lipinski definition) is 2. The van der Waals surface area contributed by atoms with E-state index in [9.17, 15) is 0 Å². The normalized spacial score (nSPS) is 11.8. The number of aromatic nitrogens is 4. The van der Waals surface area contributed by atoms with Crippen LogP contribution >= 0.6 is 0 Å². The van der Waals surface area contributed by atoms with Gasteiger partial charge in [-0.2, -0.15) is 5.10 Å². The van der Waals surface area contributed by atoms with Gasteiger partial charge in [0, 0.05) is 33.9 Å². The predicted molar refractivity (Wildman–Crippen MR) is 179 cm³/mol. The van der Waals surface area contributed by atoms with Crippen LogP contribution in [-0.4, -0.2) is 19.7 Å². The Balaban J connectivity index is 1.43. The maximum absolute atomic E-state index is 5.00. The summed E-state index contributed by atoms with van der Waals surface area (Å²) >= 11 is 0. The first kappa shape index (κ1) is 25.9. The molecular weight excluding hydrogens is 536 g/mol. The Morgan fingerprint density at radius 2 is 1.25 bits per heavy atom. The molecule has 0 unspecified atom stereocenters. The Morgan fingerprint density at radius 3 is 1.95 bits per heavy atom. The van der Waals surface area contributed by atoms with E-state index in [0.717, 1.165) is 44.9 Å². The highest BCUT2D eigenvalue weighted by molar-refractivity contribution is 6.10. The molecule has 3 aromatic heterocycles. The van der Waals surface area contributed by atoms with E-state index in [2.05, 4.69) is 160 Å². The lowest BCUT2D eigenvalue weighted by molar-refractivity contribution is 0.713. The van der Waals surface area contributed by atoms with E-state index in [4.69, 9.17) is 4.98 Å². The third-order valence-electron chi connectivity index (χ3n) is 8.68. The summed E-state index contributed by atoms with van der Waals surface area (Å²) in [7, 11) is 0. The van der Waals surface area contributed by atoms with E-state index in [1.807, 2.05) is 19.2 Å². The van der Waals surface area contributed by atoms with Crippen molar-refractivity contribution in [3.05, 3.63) is 186 Å². The Kier molecular flexibility index (Phi) is 6.20. The fourth-order valence-electron chi connectivity index (χ4n) is 6.76. The topological polar surface area (TPSA) is 46.5 Å². The molecule has 8 aromatic rings. The van der Waals surface area contributed by atoms with E-state index in [-0.39, 0.29) is 0 Å². The van der Waals surface area contributed by atoms with Crippen LogP contribution < -0.4 is 0 Å². The second-order valence-electron chi connectivity index (χ2n) is 11.3. The average Bonchev–Trinajstić information content (AvgIpc) is 3.67. The molecule has 0 atom stereocenters. The van der Waals surface area contributed by atoms with E-state index < -0.39 is 5.41 Å². The SMILES string of the molecule is Cc1cc(-c2ccc3c4ccccc4n(-c4cccc(C(c5ccccc5)(c5ccccc5)c5ccccn5)c4)c3c2)n[nH]1. The van der Waals surface area contributed by atoms with E-state index in [1.54, 1.807) is 0 Å². The molecule has 0 fully saturated rings. The van der Waals surface area contributed by atoms with Gasteiger partial charge in [0.2, 0.25) is 0 Å². The van der Waals surface area contributed by atoms with Crippen LogP contribution in [-0.2, 0) is 5.41 Å². The number of pyridine rings is 1. The Hall–Kier alpha value is -5.74. The summed E-state index contributed by atoms with van der Waals surface area (Å²) in [5.41, 5.74) is 10.3. The quantitative estimate of drug-likeness (QED) is 0.204. The highest BCUT2D eigenvalue weighted by atomic mass is 15.1. The molecular formula is C40H30N4. The molecule has 0 saturated heterocycles. The summed E-state index contributed by atoms with van der Waals surface area (Å²) in [6, 6.07) is 54.0. The van der Waals surface area contributed by atoms with Crippen LogP contribution in [0, 0.1) is 6.92 Å². The van der Waals surface area contributed by atoms with Gasteiger partial charge >= 0.3 is 0 Å². The van der Waals surface area contributed by atoms with Crippen LogP contribution in [0.2, 0.25) is 0 Å². The number of benzene rings is 5. The standard InChI is InChI=1S/C40H30N4/c1-28-25-36(43-42-28)29-22-23-35-34-19-8-9-20-37(34)44(38(35)26-29)33-18-12-17-32(27-33)40(30-13-4-2-5-14-30,31-15-6-3-7-16-31)39-21-10-11-24-41-39/h2-27H,1H3,(H,42,43). The van der Waals surface area contributed by atoms with Crippen molar-refractivity contribution in [1.29, 1.82) is 0 Å². The Labute approximate surface area is 256 Å². The molecule has 0 aliphatic heterocycles. The largest absolute Gasteiger partial charge is 0.309 e. The van der Waals surface area contributed by atoms with Crippen molar-refractivity contribution >= 4 is 21.8 Å². The molecule has 210 valence electrons. The third kappa shape index (κ3) is 4.07. The van der Waals surface area contributed by atoms with Gasteiger partial charge in [0.1, 0.15) is 0 Å². The number of hydrogen-bond donors (Lipinski definition) is 1. The van der Waals surface area contributed by atoms with E-state index in [0.29, 0.717) is 0 Å². The molecule has 5 aromatic carbocycles. The number of nitrogens with one attached hydrogen (secondary N) is 1. The van der Waals surface area contributed by atoms with Gasteiger partial charge in [0.05, 0.1) is 27.8 Å². The fourth-order valence-corrected chi connectivity index (χ4v) is 6.76. The smallest absolute Gasteiger partial charge is 0.0924 e. The summed E-state index contributed by atoms with van der Waals surface area (Å²) in [6.07, 6.45) is 1.89. The first-order chi connectivity index (χ1) is 21.7. The molecule has 0 spiro atoms. The first-order valence-corrected chi connectivity index (χ1v) is 14.9. The van der Waals surface area contributed by atoms with Gasteiger partial charge in [0.15, 0.2) is 0 Å². The van der Waals surface area contributed by atoms with E-state index >= 15 is 0 Å². The maximum atomic E-state index is 5.00. The minimum Gasteiger partial charge on any atom is -0.309 e. The lowest BCUT2D eigenvalue weighted by Crippen LogP contribution is -2.32. The zero-order valence-corrected chi connectivity index (χ0v) is 24.4. The minimum absolute atomic E-state index is 0.629. The molecule has 4 nitrogen and oxygen atoms in total. The molecule has 0 bridgehead atoms. The van der Waals surface area contributed by atoms with Crippen LogP contribution in [0.3, 0.4) is 0 Å². The lowest BCUT2D eigenvalue weighted by Gasteiger charge is -2.36. The zero-order chi connectivity index (χ0) is 29.5. The average molecular weight is 567 g/mol. The Morgan fingerprint density at radius 1 is 0.568 bits per heavy atom. The number of aromatic amines is 1. The van der Waals surface area contributed by atoms with Crippen molar-refractivity contribution in [2.24, 2.45) is 0 Å². The molecule has 0 amide bonds. The van der Waals surface area contributed by atoms with Crippen molar-refractivity contribution in [3.63, 3.8) is 0 Å². The van der Waals surface area contributed by atoms with Crippen LogP contribution in [0.15, 0.2) is 158 Å². The predicted octanol–water partition coefficient (Wildman–Crippen LogP) is 9.26. The molecule has 0 aliphatic rings. The fraction of sp³-hybridized carbons (Fsp3) is 0.0500. The second kappa shape index (κ2) is 10.5. The summed E-state index contributed by atoms with van der Waals surface area (Å²) in [5, 5.41) is 10.1. The summed E-state index contributed by atoms with van der Waals surface area (Å²) in [4.78, 5) is 5.00. The number of H-pyrrole nitrogens is 1. The van der Waals surface area contributed by atoms with Crippen LogP contribution in [0.25, 0.3) is 38.8 Å². The van der Waals surface area contributed by atoms with Crippen molar-refractivity contribution in [3.8, 4) is 16.9 Å². The van der Waals surface area contributed by atoms with Crippen LogP contribution in [0.4, 0.5) is 0 Å².